The quantitative estimate of drug-likeness (QED) is 0.516. The lowest BCUT2D eigenvalue weighted by molar-refractivity contribution is -0.0886. The Kier molecular flexibility index (Phi) is 2.14. The summed E-state index contributed by atoms with van der Waals surface area (Å²) in [5.74, 6) is 0. The van der Waals surface area contributed by atoms with Crippen LogP contribution in [0.2, 0.25) is 0 Å². The fourth-order valence-electron chi connectivity index (χ4n) is 2.15. The second kappa shape index (κ2) is 3.11. The molecule has 0 amide bonds. The van der Waals surface area contributed by atoms with Gasteiger partial charge in [0.2, 0.25) is 0 Å². The summed E-state index contributed by atoms with van der Waals surface area (Å²) in [6.07, 6.45) is 6.57. The predicted octanol–water partition coefficient (Wildman–Crippen LogP) is 1.32. The van der Waals surface area contributed by atoms with Crippen LogP contribution >= 0.6 is 0 Å². The van der Waals surface area contributed by atoms with Crippen molar-refractivity contribution in [2.24, 2.45) is 0 Å². The molecular formula is C9H16NO. The van der Waals surface area contributed by atoms with Crippen molar-refractivity contribution in [3.63, 3.8) is 0 Å². The largest absolute Gasteiger partial charge is 0.372 e. The van der Waals surface area contributed by atoms with Crippen LogP contribution in [0.3, 0.4) is 0 Å². The molecule has 2 fully saturated rings. The minimum absolute atomic E-state index is 0.191. The lowest BCUT2D eigenvalue weighted by atomic mass is 9.84. The standard InChI is InChI=1S/C9H16NO/c1-2-4-9(5-3-1)8-10-6-7-11-9/h1-8H2. The number of hydrogen-bond donors (Lipinski definition) is 0. The molecule has 1 aliphatic carbocycles. The van der Waals surface area contributed by atoms with Gasteiger partial charge in [-0.05, 0) is 12.8 Å². The van der Waals surface area contributed by atoms with Crippen molar-refractivity contribution in [2.75, 3.05) is 19.7 Å². The van der Waals surface area contributed by atoms with Gasteiger partial charge in [-0.2, -0.15) is 0 Å². The van der Waals surface area contributed by atoms with Crippen LogP contribution in [-0.4, -0.2) is 25.3 Å². The van der Waals surface area contributed by atoms with Gasteiger partial charge in [-0.3, -0.25) is 0 Å². The monoisotopic (exact) mass is 154 g/mol. The Hall–Kier alpha value is -0.0800. The summed E-state index contributed by atoms with van der Waals surface area (Å²) < 4.78 is 5.81. The molecule has 0 aromatic heterocycles. The van der Waals surface area contributed by atoms with Gasteiger partial charge < -0.3 is 4.74 Å². The molecular weight excluding hydrogens is 138 g/mol. The summed E-state index contributed by atoms with van der Waals surface area (Å²) >= 11 is 0. The second-order valence-electron chi connectivity index (χ2n) is 3.70. The average molecular weight is 154 g/mol. The van der Waals surface area contributed by atoms with E-state index in [4.69, 9.17) is 4.74 Å². The molecule has 0 bridgehead atoms. The summed E-state index contributed by atoms with van der Waals surface area (Å²) in [6.45, 7) is 2.74. The highest BCUT2D eigenvalue weighted by Gasteiger charge is 2.34. The SMILES string of the molecule is C1CCC2(CC1)C[N]CCO2. The van der Waals surface area contributed by atoms with E-state index >= 15 is 0 Å². The third-order valence-electron chi connectivity index (χ3n) is 2.82. The molecule has 1 saturated carbocycles. The van der Waals surface area contributed by atoms with Crippen molar-refractivity contribution < 1.29 is 4.74 Å². The predicted molar refractivity (Wildman–Crippen MR) is 43.6 cm³/mol. The zero-order valence-corrected chi connectivity index (χ0v) is 7.01. The minimum Gasteiger partial charge on any atom is -0.372 e. The van der Waals surface area contributed by atoms with Crippen molar-refractivity contribution in [1.82, 2.24) is 5.32 Å². The average Bonchev–Trinajstić information content (AvgIpc) is 2.07. The van der Waals surface area contributed by atoms with E-state index in [1.54, 1.807) is 0 Å². The summed E-state index contributed by atoms with van der Waals surface area (Å²) in [5.41, 5.74) is 0.191. The Balaban J connectivity index is 1.94. The number of nitrogens with zero attached hydrogens (tertiary/aromatic N) is 1. The van der Waals surface area contributed by atoms with Gasteiger partial charge in [-0.25, -0.2) is 5.32 Å². The maximum Gasteiger partial charge on any atom is 0.0823 e. The third kappa shape index (κ3) is 1.57. The van der Waals surface area contributed by atoms with E-state index in [0.29, 0.717) is 0 Å². The fraction of sp³-hybridized carbons (Fsp3) is 1.00. The lowest BCUT2D eigenvalue weighted by Gasteiger charge is -2.39. The molecule has 1 saturated heterocycles. The molecule has 2 aliphatic rings. The number of hydrogen-bond acceptors (Lipinski definition) is 1. The lowest BCUT2D eigenvalue weighted by Crippen LogP contribution is -2.47. The molecule has 0 N–H and O–H groups in total. The van der Waals surface area contributed by atoms with E-state index in [9.17, 15) is 0 Å². The molecule has 0 aromatic carbocycles. The topological polar surface area (TPSA) is 23.3 Å². The van der Waals surface area contributed by atoms with Crippen molar-refractivity contribution >= 4 is 0 Å². The van der Waals surface area contributed by atoms with Gasteiger partial charge in [0.1, 0.15) is 0 Å². The Labute approximate surface area is 68.3 Å². The molecule has 0 atom stereocenters. The number of ether oxygens (including phenoxy) is 1. The van der Waals surface area contributed by atoms with Crippen LogP contribution in [-0.2, 0) is 4.74 Å². The Morgan fingerprint density at radius 3 is 2.55 bits per heavy atom. The molecule has 63 valence electrons. The van der Waals surface area contributed by atoms with E-state index in [0.717, 1.165) is 19.7 Å². The number of rotatable bonds is 0. The van der Waals surface area contributed by atoms with Gasteiger partial charge in [0.15, 0.2) is 0 Å². The summed E-state index contributed by atoms with van der Waals surface area (Å²) in [4.78, 5) is 0. The smallest absolute Gasteiger partial charge is 0.0823 e. The number of morpholine rings is 1. The van der Waals surface area contributed by atoms with Crippen molar-refractivity contribution in [3.05, 3.63) is 0 Å². The van der Waals surface area contributed by atoms with E-state index < -0.39 is 0 Å². The molecule has 1 heterocycles. The van der Waals surface area contributed by atoms with Gasteiger partial charge in [0.05, 0.1) is 12.2 Å². The van der Waals surface area contributed by atoms with Gasteiger partial charge >= 0.3 is 0 Å². The van der Waals surface area contributed by atoms with Crippen molar-refractivity contribution in [2.45, 2.75) is 37.7 Å². The first-order chi connectivity index (χ1) is 5.41. The van der Waals surface area contributed by atoms with E-state index in [1.165, 1.54) is 32.1 Å². The van der Waals surface area contributed by atoms with Crippen LogP contribution in [0.15, 0.2) is 0 Å². The van der Waals surface area contributed by atoms with Gasteiger partial charge in [-0.15, -0.1) is 0 Å². The normalized spacial score (nSPS) is 30.5. The van der Waals surface area contributed by atoms with Crippen LogP contribution in [0.25, 0.3) is 0 Å². The first-order valence-corrected chi connectivity index (χ1v) is 4.69. The molecule has 0 unspecified atom stereocenters. The Morgan fingerprint density at radius 2 is 1.91 bits per heavy atom. The third-order valence-corrected chi connectivity index (χ3v) is 2.82. The molecule has 2 nitrogen and oxygen atoms in total. The molecule has 11 heavy (non-hydrogen) atoms. The van der Waals surface area contributed by atoms with Crippen LogP contribution in [0.5, 0.6) is 0 Å². The molecule has 0 aromatic rings. The maximum absolute atomic E-state index is 5.81. The Morgan fingerprint density at radius 1 is 1.09 bits per heavy atom. The highest BCUT2D eigenvalue weighted by molar-refractivity contribution is 4.88. The van der Waals surface area contributed by atoms with E-state index in [1.807, 2.05) is 0 Å². The van der Waals surface area contributed by atoms with Crippen molar-refractivity contribution in [3.8, 4) is 0 Å². The maximum atomic E-state index is 5.81. The first kappa shape index (κ1) is 7.56. The molecule has 2 heteroatoms. The van der Waals surface area contributed by atoms with Crippen LogP contribution < -0.4 is 5.32 Å². The molecule has 1 aliphatic heterocycles. The van der Waals surface area contributed by atoms with Crippen LogP contribution in [0.4, 0.5) is 0 Å². The minimum atomic E-state index is 0.191. The highest BCUT2D eigenvalue weighted by atomic mass is 16.5. The summed E-state index contributed by atoms with van der Waals surface area (Å²) in [6, 6.07) is 0. The van der Waals surface area contributed by atoms with Gasteiger partial charge in [-0.1, -0.05) is 19.3 Å². The summed E-state index contributed by atoms with van der Waals surface area (Å²) in [5, 5.41) is 4.43. The van der Waals surface area contributed by atoms with E-state index in [-0.39, 0.29) is 5.60 Å². The second-order valence-corrected chi connectivity index (χ2v) is 3.70. The summed E-state index contributed by atoms with van der Waals surface area (Å²) in [7, 11) is 0. The zero-order valence-electron chi connectivity index (χ0n) is 7.01. The first-order valence-electron chi connectivity index (χ1n) is 4.69. The highest BCUT2D eigenvalue weighted by Crippen LogP contribution is 2.32. The van der Waals surface area contributed by atoms with Crippen molar-refractivity contribution in [1.29, 1.82) is 0 Å². The zero-order chi connectivity index (χ0) is 7.57. The Bertz CT molecular complexity index is 104. The van der Waals surface area contributed by atoms with E-state index in [2.05, 4.69) is 5.32 Å². The van der Waals surface area contributed by atoms with Gasteiger partial charge in [0.25, 0.3) is 0 Å². The molecule has 2 rings (SSSR count). The molecule has 1 spiro atoms. The van der Waals surface area contributed by atoms with Crippen LogP contribution in [0.1, 0.15) is 32.1 Å². The van der Waals surface area contributed by atoms with Gasteiger partial charge in [0, 0.05) is 13.1 Å². The molecule has 1 radical (unpaired) electrons. The van der Waals surface area contributed by atoms with Crippen LogP contribution in [0, 0.1) is 0 Å². The fourth-order valence-corrected chi connectivity index (χ4v) is 2.15.